The van der Waals surface area contributed by atoms with Gasteiger partial charge in [0.1, 0.15) is 4.99 Å². The number of aliphatic hydroxyl groups excluding tert-OH is 1. The number of aryl methyl sites for hydroxylation is 1. The Bertz CT molecular complexity index is 585. The quantitative estimate of drug-likeness (QED) is 0.734. The number of hydrogen-bond donors (Lipinski definition) is 2. The monoisotopic (exact) mass is 316 g/mol. The lowest BCUT2D eigenvalue weighted by atomic mass is 10.1. The summed E-state index contributed by atoms with van der Waals surface area (Å²) in [7, 11) is -3.56. The third-order valence-electron chi connectivity index (χ3n) is 3.00. The SMILES string of the molecule is CCN(CCCO)S(=O)(=O)c1ccc(C(N)=S)cc1C. The van der Waals surface area contributed by atoms with E-state index in [9.17, 15) is 8.42 Å². The van der Waals surface area contributed by atoms with E-state index in [0.29, 0.717) is 30.6 Å². The molecule has 1 aromatic rings. The van der Waals surface area contributed by atoms with Crippen molar-refractivity contribution in [2.45, 2.75) is 25.2 Å². The molecule has 0 saturated carbocycles. The Morgan fingerprint density at radius 3 is 2.55 bits per heavy atom. The highest BCUT2D eigenvalue weighted by molar-refractivity contribution is 7.89. The number of benzene rings is 1. The third kappa shape index (κ3) is 3.76. The molecule has 0 aromatic heterocycles. The molecular formula is C13H20N2O3S2. The minimum atomic E-state index is -3.56. The van der Waals surface area contributed by atoms with Gasteiger partial charge in [-0.3, -0.25) is 0 Å². The maximum atomic E-state index is 12.6. The first kappa shape index (κ1) is 17.0. The molecule has 0 aliphatic heterocycles. The van der Waals surface area contributed by atoms with Crippen molar-refractivity contribution in [2.75, 3.05) is 19.7 Å². The summed E-state index contributed by atoms with van der Waals surface area (Å²) in [4.78, 5) is 0.488. The number of hydrogen-bond acceptors (Lipinski definition) is 4. The molecule has 0 aliphatic carbocycles. The maximum absolute atomic E-state index is 12.6. The van der Waals surface area contributed by atoms with Crippen LogP contribution in [0.1, 0.15) is 24.5 Å². The molecule has 1 rings (SSSR count). The van der Waals surface area contributed by atoms with Crippen molar-refractivity contribution in [3.8, 4) is 0 Å². The average Bonchev–Trinajstić information content (AvgIpc) is 2.38. The summed E-state index contributed by atoms with van der Waals surface area (Å²) in [5.41, 5.74) is 6.79. The van der Waals surface area contributed by atoms with Crippen LogP contribution in [0.2, 0.25) is 0 Å². The van der Waals surface area contributed by atoms with Gasteiger partial charge in [-0.25, -0.2) is 8.42 Å². The summed E-state index contributed by atoms with van der Waals surface area (Å²) in [6, 6.07) is 4.82. The van der Waals surface area contributed by atoms with Crippen molar-refractivity contribution in [3.05, 3.63) is 29.3 Å². The molecule has 0 saturated heterocycles. The molecule has 0 unspecified atom stereocenters. The fourth-order valence-electron chi connectivity index (χ4n) is 1.93. The van der Waals surface area contributed by atoms with Gasteiger partial charge in [-0.2, -0.15) is 4.31 Å². The number of sulfonamides is 1. The van der Waals surface area contributed by atoms with Gasteiger partial charge in [0.25, 0.3) is 0 Å². The highest BCUT2D eigenvalue weighted by Gasteiger charge is 2.24. The Morgan fingerprint density at radius 1 is 1.45 bits per heavy atom. The summed E-state index contributed by atoms with van der Waals surface area (Å²) >= 11 is 4.88. The van der Waals surface area contributed by atoms with Crippen LogP contribution in [0, 0.1) is 6.92 Å². The molecule has 0 fully saturated rings. The summed E-state index contributed by atoms with van der Waals surface area (Å²) in [5.74, 6) is 0. The maximum Gasteiger partial charge on any atom is 0.243 e. The molecular weight excluding hydrogens is 296 g/mol. The molecule has 5 nitrogen and oxygen atoms in total. The minimum Gasteiger partial charge on any atom is -0.396 e. The van der Waals surface area contributed by atoms with Crippen LogP contribution in [0.25, 0.3) is 0 Å². The van der Waals surface area contributed by atoms with E-state index < -0.39 is 10.0 Å². The second-order valence-electron chi connectivity index (χ2n) is 4.42. The zero-order chi connectivity index (χ0) is 15.3. The molecule has 7 heteroatoms. The van der Waals surface area contributed by atoms with E-state index in [1.165, 1.54) is 10.4 Å². The van der Waals surface area contributed by atoms with Crippen molar-refractivity contribution >= 4 is 27.2 Å². The Balaban J connectivity index is 3.17. The predicted octanol–water partition coefficient (Wildman–Crippen LogP) is 1.02. The van der Waals surface area contributed by atoms with E-state index in [1.807, 2.05) is 0 Å². The largest absolute Gasteiger partial charge is 0.396 e. The van der Waals surface area contributed by atoms with E-state index in [2.05, 4.69) is 0 Å². The third-order valence-corrected chi connectivity index (χ3v) is 5.37. The molecule has 0 heterocycles. The van der Waals surface area contributed by atoms with Gasteiger partial charge in [-0.15, -0.1) is 0 Å². The number of nitrogens with two attached hydrogens (primary N) is 1. The van der Waals surface area contributed by atoms with E-state index in [4.69, 9.17) is 23.1 Å². The van der Waals surface area contributed by atoms with Crippen LogP contribution in [0.4, 0.5) is 0 Å². The fraction of sp³-hybridized carbons (Fsp3) is 0.462. The van der Waals surface area contributed by atoms with Gasteiger partial charge < -0.3 is 10.8 Å². The predicted molar refractivity (Wildman–Crippen MR) is 83.2 cm³/mol. The van der Waals surface area contributed by atoms with Crippen molar-refractivity contribution < 1.29 is 13.5 Å². The molecule has 20 heavy (non-hydrogen) atoms. The van der Waals surface area contributed by atoms with Crippen LogP contribution in [-0.2, 0) is 10.0 Å². The molecule has 0 amide bonds. The molecule has 3 N–H and O–H groups in total. The first-order valence-corrected chi connectivity index (χ1v) is 8.20. The number of aliphatic hydroxyl groups is 1. The van der Waals surface area contributed by atoms with Crippen LogP contribution >= 0.6 is 12.2 Å². The van der Waals surface area contributed by atoms with Gasteiger partial charge in [0.15, 0.2) is 0 Å². The molecule has 112 valence electrons. The minimum absolute atomic E-state index is 0.0363. The van der Waals surface area contributed by atoms with Gasteiger partial charge in [-0.05, 0) is 31.0 Å². The van der Waals surface area contributed by atoms with Crippen LogP contribution < -0.4 is 5.73 Å². The Hall–Kier alpha value is -1.02. The van der Waals surface area contributed by atoms with Gasteiger partial charge in [0, 0.05) is 25.3 Å². The van der Waals surface area contributed by atoms with Gasteiger partial charge >= 0.3 is 0 Å². The molecule has 0 spiro atoms. The van der Waals surface area contributed by atoms with Gasteiger partial charge in [0.05, 0.1) is 4.90 Å². The van der Waals surface area contributed by atoms with E-state index in [0.717, 1.165) is 0 Å². The lowest BCUT2D eigenvalue weighted by Gasteiger charge is -2.21. The second kappa shape index (κ2) is 7.12. The van der Waals surface area contributed by atoms with Crippen molar-refractivity contribution in [1.29, 1.82) is 0 Å². The molecule has 1 aromatic carbocycles. The van der Waals surface area contributed by atoms with Crippen LogP contribution in [0.5, 0.6) is 0 Å². The summed E-state index contributed by atoms with van der Waals surface area (Å²) in [5, 5.41) is 8.85. The Morgan fingerprint density at radius 2 is 2.10 bits per heavy atom. The molecule has 0 radical (unpaired) electrons. The first-order chi connectivity index (χ1) is 9.34. The molecule has 0 bridgehead atoms. The summed E-state index contributed by atoms with van der Waals surface area (Å²) in [6.45, 7) is 4.11. The molecule has 0 aliphatic rings. The standard InChI is InChI=1S/C13H20N2O3S2/c1-3-15(7-4-8-16)20(17,18)12-6-5-11(13(14)19)9-10(12)2/h5-6,9,16H,3-4,7-8H2,1-2H3,(H2,14,19). The summed E-state index contributed by atoms with van der Waals surface area (Å²) < 4.78 is 26.5. The first-order valence-electron chi connectivity index (χ1n) is 6.36. The normalized spacial score (nSPS) is 11.8. The topological polar surface area (TPSA) is 83.6 Å². The number of thiocarbonyl (C=S) groups is 1. The van der Waals surface area contributed by atoms with Crippen LogP contribution in [0.15, 0.2) is 23.1 Å². The zero-order valence-electron chi connectivity index (χ0n) is 11.7. The lowest BCUT2D eigenvalue weighted by molar-refractivity contribution is 0.271. The zero-order valence-corrected chi connectivity index (χ0v) is 13.3. The highest BCUT2D eigenvalue weighted by Crippen LogP contribution is 2.21. The average molecular weight is 316 g/mol. The van der Waals surface area contributed by atoms with Gasteiger partial charge in [-0.1, -0.05) is 25.2 Å². The number of rotatable bonds is 7. The smallest absolute Gasteiger partial charge is 0.243 e. The van der Waals surface area contributed by atoms with E-state index in [1.54, 1.807) is 26.0 Å². The van der Waals surface area contributed by atoms with Crippen molar-refractivity contribution in [3.63, 3.8) is 0 Å². The second-order valence-corrected chi connectivity index (χ2v) is 6.76. The van der Waals surface area contributed by atoms with Crippen molar-refractivity contribution in [2.24, 2.45) is 5.73 Å². The fourth-order valence-corrected chi connectivity index (χ4v) is 3.75. The highest BCUT2D eigenvalue weighted by atomic mass is 32.2. The molecule has 0 atom stereocenters. The van der Waals surface area contributed by atoms with Crippen LogP contribution in [-0.4, -0.2) is 42.5 Å². The van der Waals surface area contributed by atoms with E-state index >= 15 is 0 Å². The summed E-state index contributed by atoms with van der Waals surface area (Å²) in [6.07, 6.45) is 0.414. The van der Waals surface area contributed by atoms with Crippen molar-refractivity contribution in [1.82, 2.24) is 4.31 Å². The van der Waals surface area contributed by atoms with Gasteiger partial charge in [0.2, 0.25) is 10.0 Å². The number of nitrogens with zero attached hydrogens (tertiary/aromatic N) is 1. The Labute approximate surface area is 125 Å². The lowest BCUT2D eigenvalue weighted by Crippen LogP contribution is -2.32. The van der Waals surface area contributed by atoms with Crippen LogP contribution in [0.3, 0.4) is 0 Å². The van der Waals surface area contributed by atoms with E-state index in [-0.39, 0.29) is 16.5 Å². The Kier molecular flexibility index (Phi) is 6.07.